The van der Waals surface area contributed by atoms with Gasteiger partial charge >= 0.3 is 12.1 Å². The fourth-order valence-electron chi connectivity index (χ4n) is 2.43. The normalized spacial score (nSPS) is 13.2. The van der Waals surface area contributed by atoms with E-state index >= 15 is 0 Å². The van der Waals surface area contributed by atoms with Gasteiger partial charge in [0.05, 0.1) is 12.1 Å². The lowest BCUT2D eigenvalue weighted by atomic mass is 10.1. The molecule has 25 heavy (non-hydrogen) atoms. The number of aromatic nitrogens is 1. The van der Waals surface area contributed by atoms with Gasteiger partial charge < -0.3 is 9.52 Å². The molecule has 1 unspecified atom stereocenters. The first kappa shape index (κ1) is 19.0. The smallest absolute Gasteiger partial charge is 0.416 e. The number of rotatable bonds is 7. The monoisotopic (exact) mass is 356 g/mol. The zero-order valence-electron chi connectivity index (χ0n) is 13.9. The molecule has 1 aromatic heterocycles. The van der Waals surface area contributed by atoms with Crippen LogP contribution in [-0.4, -0.2) is 27.0 Å². The summed E-state index contributed by atoms with van der Waals surface area (Å²) in [5.74, 6) is -1.06. The number of alkyl halides is 3. The number of carboxylic acids is 1. The van der Waals surface area contributed by atoms with E-state index in [-0.39, 0.29) is 36.3 Å². The van der Waals surface area contributed by atoms with Gasteiger partial charge in [-0.1, -0.05) is 25.1 Å². The number of hydrogen-bond acceptors (Lipinski definition) is 4. The lowest BCUT2D eigenvalue weighted by Crippen LogP contribution is -2.32. The molecule has 1 N–H and O–H groups in total. The number of halogens is 3. The Kier molecular flexibility index (Phi) is 5.84. The lowest BCUT2D eigenvalue weighted by Gasteiger charge is -2.28. The molecule has 136 valence electrons. The van der Waals surface area contributed by atoms with Gasteiger partial charge in [-0.3, -0.25) is 4.90 Å². The van der Waals surface area contributed by atoms with Gasteiger partial charge in [-0.05, 0) is 25.0 Å². The van der Waals surface area contributed by atoms with Crippen molar-refractivity contribution in [1.82, 2.24) is 9.88 Å². The van der Waals surface area contributed by atoms with Crippen LogP contribution in [0.25, 0.3) is 0 Å². The second-order valence-corrected chi connectivity index (χ2v) is 5.75. The first-order chi connectivity index (χ1) is 11.7. The van der Waals surface area contributed by atoms with E-state index in [1.165, 1.54) is 12.1 Å². The Morgan fingerprint density at radius 3 is 2.56 bits per heavy atom. The van der Waals surface area contributed by atoms with Crippen LogP contribution in [0, 0.1) is 0 Å². The highest BCUT2D eigenvalue weighted by Gasteiger charge is 2.33. The lowest BCUT2D eigenvalue weighted by molar-refractivity contribution is -0.138. The van der Waals surface area contributed by atoms with Crippen molar-refractivity contribution in [2.24, 2.45) is 0 Å². The third-order valence-electron chi connectivity index (χ3n) is 4.02. The predicted octanol–water partition coefficient (Wildman–Crippen LogP) is 4.19. The number of nitrogens with zero attached hydrogens (tertiary/aromatic N) is 2. The molecule has 0 saturated carbocycles. The number of oxazole rings is 1. The van der Waals surface area contributed by atoms with Crippen LogP contribution in [0.5, 0.6) is 0 Å². The van der Waals surface area contributed by atoms with Crippen molar-refractivity contribution in [2.75, 3.05) is 0 Å². The fourth-order valence-corrected chi connectivity index (χ4v) is 2.43. The van der Waals surface area contributed by atoms with E-state index in [9.17, 15) is 18.0 Å². The Morgan fingerprint density at radius 1 is 1.32 bits per heavy atom. The molecule has 2 rings (SSSR count). The molecule has 0 saturated heterocycles. The molecule has 0 aliphatic carbocycles. The van der Waals surface area contributed by atoms with Crippen LogP contribution < -0.4 is 0 Å². The highest BCUT2D eigenvalue weighted by atomic mass is 19.4. The van der Waals surface area contributed by atoms with E-state index in [2.05, 4.69) is 4.98 Å². The van der Waals surface area contributed by atoms with E-state index in [0.29, 0.717) is 6.42 Å². The Balaban J connectivity index is 2.25. The third kappa shape index (κ3) is 4.82. The average molecular weight is 356 g/mol. The summed E-state index contributed by atoms with van der Waals surface area (Å²) in [5, 5.41) is 8.89. The molecule has 0 aliphatic rings. The van der Waals surface area contributed by atoms with E-state index < -0.39 is 17.7 Å². The maximum atomic E-state index is 13.2. The molecule has 0 aliphatic heterocycles. The molecule has 0 fully saturated rings. The summed E-state index contributed by atoms with van der Waals surface area (Å²) in [6, 6.07) is 5.37. The van der Waals surface area contributed by atoms with E-state index in [4.69, 9.17) is 9.52 Å². The van der Waals surface area contributed by atoms with E-state index in [1.54, 1.807) is 11.0 Å². The van der Waals surface area contributed by atoms with Gasteiger partial charge in [-0.25, -0.2) is 9.78 Å². The maximum absolute atomic E-state index is 13.2. The van der Waals surface area contributed by atoms with Crippen molar-refractivity contribution in [1.29, 1.82) is 0 Å². The van der Waals surface area contributed by atoms with Crippen molar-refractivity contribution >= 4 is 5.97 Å². The second kappa shape index (κ2) is 7.69. The second-order valence-electron chi connectivity index (χ2n) is 5.75. The molecular weight excluding hydrogens is 337 g/mol. The van der Waals surface area contributed by atoms with Crippen LogP contribution in [-0.2, 0) is 19.3 Å². The van der Waals surface area contributed by atoms with Crippen LogP contribution in [0.4, 0.5) is 13.2 Å². The van der Waals surface area contributed by atoms with Gasteiger partial charge in [0.1, 0.15) is 6.26 Å². The van der Waals surface area contributed by atoms with Crippen molar-refractivity contribution < 1.29 is 27.5 Å². The minimum Gasteiger partial charge on any atom is -0.476 e. The highest BCUT2D eigenvalue weighted by molar-refractivity contribution is 5.84. The van der Waals surface area contributed by atoms with Gasteiger partial charge in [0.25, 0.3) is 0 Å². The molecule has 0 amide bonds. The van der Waals surface area contributed by atoms with Crippen LogP contribution in [0.1, 0.15) is 47.8 Å². The van der Waals surface area contributed by atoms with Gasteiger partial charge in [-0.15, -0.1) is 0 Å². The minimum absolute atomic E-state index is 0.0403. The maximum Gasteiger partial charge on any atom is 0.416 e. The number of carboxylic acid groups (broad SMARTS) is 1. The first-order valence-corrected chi connectivity index (χ1v) is 7.79. The summed E-state index contributed by atoms with van der Waals surface area (Å²) in [5.41, 5.74) is -0.753. The quantitative estimate of drug-likeness (QED) is 0.806. The molecule has 1 atom stereocenters. The van der Waals surface area contributed by atoms with Crippen molar-refractivity contribution in [3.63, 3.8) is 0 Å². The van der Waals surface area contributed by atoms with Crippen LogP contribution in [0.15, 0.2) is 34.9 Å². The number of aromatic carboxylic acids is 1. The van der Waals surface area contributed by atoms with Crippen molar-refractivity contribution in [3.05, 3.63) is 53.2 Å². The summed E-state index contributed by atoms with van der Waals surface area (Å²) in [6.45, 7) is 3.98. The summed E-state index contributed by atoms with van der Waals surface area (Å²) in [7, 11) is 0. The summed E-state index contributed by atoms with van der Waals surface area (Å²) in [6.07, 6.45) is -2.70. The Morgan fingerprint density at radius 2 is 2.00 bits per heavy atom. The largest absolute Gasteiger partial charge is 0.476 e. The third-order valence-corrected chi connectivity index (χ3v) is 4.02. The number of benzene rings is 1. The van der Waals surface area contributed by atoms with Crippen LogP contribution in [0.2, 0.25) is 0 Å². The molecule has 0 bridgehead atoms. The van der Waals surface area contributed by atoms with Gasteiger partial charge in [-0.2, -0.15) is 13.2 Å². The zero-order chi connectivity index (χ0) is 18.6. The van der Waals surface area contributed by atoms with Gasteiger partial charge in [0.15, 0.2) is 5.69 Å². The predicted molar refractivity (Wildman–Crippen MR) is 83.9 cm³/mol. The molecule has 0 radical (unpaired) electrons. The van der Waals surface area contributed by atoms with Crippen LogP contribution >= 0.6 is 0 Å². The van der Waals surface area contributed by atoms with Gasteiger partial charge in [0.2, 0.25) is 5.89 Å². The minimum atomic E-state index is -4.43. The Labute approximate surface area is 143 Å². The molecule has 2 aromatic rings. The van der Waals surface area contributed by atoms with Crippen molar-refractivity contribution in [3.8, 4) is 0 Å². The van der Waals surface area contributed by atoms with Crippen molar-refractivity contribution in [2.45, 2.75) is 45.6 Å². The molecule has 0 spiro atoms. The Hall–Kier alpha value is -2.35. The van der Waals surface area contributed by atoms with E-state index in [1.807, 2.05) is 13.8 Å². The topological polar surface area (TPSA) is 66.6 Å². The number of carbonyl (C=O) groups is 1. The summed E-state index contributed by atoms with van der Waals surface area (Å²) in [4.78, 5) is 16.5. The summed E-state index contributed by atoms with van der Waals surface area (Å²) >= 11 is 0. The Bertz CT molecular complexity index is 728. The molecule has 1 aromatic carbocycles. The SMILES string of the molecule is CCC(C)N(Cc1nc(C(=O)O)co1)Cc1ccccc1C(F)(F)F. The molecule has 1 heterocycles. The molecule has 5 nitrogen and oxygen atoms in total. The van der Waals surface area contributed by atoms with Gasteiger partial charge in [0, 0.05) is 12.6 Å². The molecule has 8 heteroatoms. The van der Waals surface area contributed by atoms with Crippen LogP contribution in [0.3, 0.4) is 0 Å². The summed E-state index contributed by atoms with van der Waals surface area (Å²) < 4.78 is 44.7. The number of hydrogen-bond donors (Lipinski definition) is 1. The molecular formula is C17H19F3N2O3. The van der Waals surface area contributed by atoms with E-state index in [0.717, 1.165) is 12.3 Å². The first-order valence-electron chi connectivity index (χ1n) is 7.79. The highest BCUT2D eigenvalue weighted by Crippen LogP contribution is 2.32. The fraction of sp³-hybridized carbons (Fsp3) is 0.412. The standard InChI is InChI=1S/C17H19F3N2O3/c1-3-11(2)22(9-15-21-14(10-25-15)16(23)24)8-12-6-4-5-7-13(12)17(18,19)20/h4-7,10-11H,3,8-9H2,1-2H3,(H,23,24). The zero-order valence-corrected chi connectivity index (χ0v) is 13.9. The average Bonchev–Trinajstić information content (AvgIpc) is 3.02.